The highest BCUT2D eigenvalue weighted by Crippen LogP contribution is 2.18. The van der Waals surface area contributed by atoms with Gasteiger partial charge in [0.2, 0.25) is 0 Å². The van der Waals surface area contributed by atoms with Gasteiger partial charge in [-0.15, -0.1) is 5.11 Å². The Morgan fingerprint density at radius 1 is 0.641 bits per heavy atom. The monoisotopic (exact) mass is 557 g/mol. The molecule has 7 nitrogen and oxygen atoms in total. The van der Waals surface area contributed by atoms with Crippen LogP contribution in [0.2, 0.25) is 10.0 Å². The van der Waals surface area contributed by atoms with Gasteiger partial charge < -0.3 is 9.80 Å². The second-order valence-corrected chi connectivity index (χ2v) is 9.97. The van der Waals surface area contributed by atoms with Gasteiger partial charge in [-0.2, -0.15) is 0 Å². The third-order valence-electron chi connectivity index (χ3n) is 6.07. The highest BCUT2D eigenvalue weighted by atomic mass is 35.5. The molecule has 0 spiro atoms. The minimum Gasteiger partial charge on any atom is -0.355 e. The fraction of sp³-hybridized carbons (Fsp3) is 0.133. The second kappa shape index (κ2) is 13.0. The highest BCUT2D eigenvalue weighted by molar-refractivity contribution is 6.30. The number of rotatable bonds is 9. The summed E-state index contributed by atoms with van der Waals surface area (Å²) < 4.78 is 0. The summed E-state index contributed by atoms with van der Waals surface area (Å²) in [4.78, 5) is 3.75. The van der Waals surface area contributed by atoms with Gasteiger partial charge in [-0.25, -0.2) is 0 Å². The SMILES string of the molecule is CN(Cc1ccc(Cl)cc1)C(=N)c1ccc(/N=N/Nc2ccc(C(=N)N(C)Cc3ccc(Cl)cc3)cc2)cc1. The number of amidine groups is 2. The van der Waals surface area contributed by atoms with Crippen LogP contribution < -0.4 is 5.43 Å². The van der Waals surface area contributed by atoms with Crippen molar-refractivity contribution in [3.8, 4) is 0 Å². The smallest absolute Gasteiger partial charge is 0.128 e. The van der Waals surface area contributed by atoms with Crippen LogP contribution in [-0.4, -0.2) is 35.6 Å². The minimum absolute atomic E-state index is 0.413. The van der Waals surface area contributed by atoms with Crippen molar-refractivity contribution in [3.05, 3.63) is 129 Å². The van der Waals surface area contributed by atoms with Crippen LogP contribution in [0.15, 0.2) is 107 Å². The molecule has 0 amide bonds. The van der Waals surface area contributed by atoms with Crippen LogP contribution in [-0.2, 0) is 13.1 Å². The fourth-order valence-electron chi connectivity index (χ4n) is 3.86. The van der Waals surface area contributed by atoms with Crippen LogP contribution in [0.5, 0.6) is 0 Å². The van der Waals surface area contributed by atoms with Gasteiger partial charge in [0.1, 0.15) is 11.7 Å². The van der Waals surface area contributed by atoms with Gasteiger partial charge in [0.05, 0.1) is 11.4 Å². The van der Waals surface area contributed by atoms with Crippen molar-refractivity contribution in [3.63, 3.8) is 0 Å². The van der Waals surface area contributed by atoms with Crippen molar-refractivity contribution in [2.24, 2.45) is 10.3 Å². The average Bonchev–Trinajstić information content (AvgIpc) is 2.95. The van der Waals surface area contributed by atoms with Crippen LogP contribution in [0.1, 0.15) is 22.3 Å². The molecule has 39 heavy (non-hydrogen) atoms. The first-order valence-corrected chi connectivity index (χ1v) is 13.0. The van der Waals surface area contributed by atoms with E-state index in [-0.39, 0.29) is 0 Å². The van der Waals surface area contributed by atoms with Crippen LogP contribution in [0.3, 0.4) is 0 Å². The van der Waals surface area contributed by atoms with E-state index in [1.54, 1.807) is 0 Å². The third-order valence-corrected chi connectivity index (χ3v) is 6.58. The molecule has 0 unspecified atom stereocenters. The molecule has 0 aliphatic carbocycles. The first-order chi connectivity index (χ1) is 18.8. The Morgan fingerprint density at radius 3 is 1.49 bits per heavy atom. The lowest BCUT2D eigenvalue weighted by molar-refractivity contribution is 0.498. The van der Waals surface area contributed by atoms with E-state index in [0.29, 0.717) is 40.5 Å². The lowest BCUT2D eigenvalue weighted by atomic mass is 10.1. The van der Waals surface area contributed by atoms with E-state index in [9.17, 15) is 0 Å². The Hall–Kier alpha value is -4.20. The molecule has 0 aliphatic heterocycles. The van der Waals surface area contributed by atoms with Crippen LogP contribution in [0, 0.1) is 10.8 Å². The molecule has 0 aromatic heterocycles. The van der Waals surface area contributed by atoms with Crippen molar-refractivity contribution in [2.45, 2.75) is 13.1 Å². The fourth-order valence-corrected chi connectivity index (χ4v) is 4.11. The zero-order valence-corrected chi connectivity index (χ0v) is 23.2. The van der Waals surface area contributed by atoms with E-state index in [0.717, 1.165) is 27.9 Å². The molecule has 4 aromatic carbocycles. The maximum atomic E-state index is 8.50. The molecule has 4 rings (SSSR count). The molecule has 0 saturated carbocycles. The Kier molecular flexibility index (Phi) is 9.31. The summed E-state index contributed by atoms with van der Waals surface area (Å²) in [5, 5.41) is 26.7. The average molecular weight is 559 g/mol. The number of nitrogens with zero attached hydrogens (tertiary/aromatic N) is 4. The minimum atomic E-state index is 0.413. The molecule has 0 fully saturated rings. The van der Waals surface area contributed by atoms with E-state index in [1.165, 1.54) is 0 Å². The summed E-state index contributed by atoms with van der Waals surface area (Å²) in [6, 6.07) is 30.1. The van der Waals surface area contributed by atoms with Crippen LogP contribution in [0.25, 0.3) is 0 Å². The first-order valence-electron chi connectivity index (χ1n) is 12.2. The summed E-state index contributed by atoms with van der Waals surface area (Å²) >= 11 is 11.9. The number of nitrogens with one attached hydrogen (secondary N) is 3. The summed E-state index contributed by atoms with van der Waals surface area (Å²) in [7, 11) is 3.78. The van der Waals surface area contributed by atoms with Gasteiger partial charge in [0.15, 0.2) is 0 Å². The van der Waals surface area contributed by atoms with Crippen molar-refractivity contribution in [2.75, 3.05) is 19.5 Å². The quantitative estimate of drug-likeness (QED) is 0.0841. The molecule has 4 aromatic rings. The lowest BCUT2D eigenvalue weighted by Gasteiger charge is -2.20. The molecule has 0 aliphatic rings. The third kappa shape index (κ3) is 7.89. The number of halogens is 2. The molecule has 198 valence electrons. The second-order valence-electron chi connectivity index (χ2n) is 9.10. The predicted octanol–water partition coefficient (Wildman–Crippen LogP) is 8.02. The summed E-state index contributed by atoms with van der Waals surface area (Å²) in [5.74, 6) is 0.832. The van der Waals surface area contributed by atoms with E-state index >= 15 is 0 Å². The molecule has 0 bridgehead atoms. The Balaban J connectivity index is 1.28. The van der Waals surface area contributed by atoms with Gasteiger partial charge in [-0.05, 0) is 83.9 Å². The summed E-state index contributed by atoms with van der Waals surface area (Å²) in [5.41, 5.74) is 8.11. The van der Waals surface area contributed by atoms with Crippen LogP contribution >= 0.6 is 23.2 Å². The van der Waals surface area contributed by atoms with E-state index in [4.69, 9.17) is 34.0 Å². The number of hydrogen-bond donors (Lipinski definition) is 3. The summed E-state index contributed by atoms with van der Waals surface area (Å²) in [6.45, 7) is 1.22. The number of benzene rings is 4. The molecule has 9 heteroatoms. The zero-order valence-electron chi connectivity index (χ0n) is 21.7. The maximum absolute atomic E-state index is 8.50. The Labute approximate surface area is 238 Å². The zero-order chi connectivity index (χ0) is 27.8. The number of hydrogen-bond acceptors (Lipinski definition) is 4. The van der Waals surface area contributed by atoms with E-state index in [1.807, 2.05) is 121 Å². The highest BCUT2D eigenvalue weighted by Gasteiger charge is 2.10. The predicted molar refractivity (Wildman–Crippen MR) is 161 cm³/mol. The van der Waals surface area contributed by atoms with Gasteiger partial charge in [0, 0.05) is 48.4 Å². The van der Waals surface area contributed by atoms with Gasteiger partial charge in [-0.1, -0.05) is 52.7 Å². The maximum Gasteiger partial charge on any atom is 0.128 e. The normalized spacial score (nSPS) is 10.9. The molecule has 0 atom stereocenters. The summed E-state index contributed by atoms with van der Waals surface area (Å²) in [6.07, 6.45) is 0. The standard InChI is InChI=1S/C30H29Cl2N7/c1-38(19-21-3-11-25(31)12-4-21)29(33)23-7-15-27(16-8-23)35-37-36-28-17-9-24(10-18-28)30(34)39(2)20-22-5-13-26(32)14-6-22/h3-18,33-34H,19-20H2,1-2H3,(H,35,36). The van der Waals surface area contributed by atoms with Crippen molar-refractivity contribution in [1.82, 2.24) is 9.80 Å². The Morgan fingerprint density at radius 2 is 1.05 bits per heavy atom. The first kappa shape index (κ1) is 27.8. The molecule has 0 radical (unpaired) electrons. The van der Waals surface area contributed by atoms with Crippen molar-refractivity contribution in [1.29, 1.82) is 10.8 Å². The topological polar surface area (TPSA) is 90.9 Å². The molecular formula is C30H29Cl2N7. The number of anilines is 1. The molecule has 3 N–H and O–H groups in total. The molecule has 0 heterocycles. The van der Waals surface area contributed by atoms with Gasteiger partial charge >= 0.3 is 0 Å². The Bertz CT molecular complexity index is 1430. The lowest BCUT2D eigenvalue weighted by Crippen LogP contribution is -2.26. The van der Waals surface area contributed by atoms with Crippen molar-refractivity contribution >= 4 is 46.2 Å². The molecular weight excluding hydrogens is 529 g/mol. The van der Waals surface area contributed by atoms with E-state index in [2.05, 4.69) is 15.8 Å². The van der Waals surface area contributed by atoms with Crippen molar-refractivity contribution < 1.29 is 0 Å². The van der Waals surface area contributed by atoms with Crippen LogP contribution in [0.4, 0.5) is 11.4 Å². The van der Waals surface area contributed by atoms with E-state index < -0.39 is 0 Å². The van der Waals surface area contributed by atoms with Gasteiger partial charge in [-0.3, -0.25) is 16.2 Å². The van der Waals surface area contributed by atoms with Gasteiger partial charge in [0.25, 0.3) is 0 Å². The largest absolute Gasteiger partial charge is 0.355 e. The molecule has 0 saturated heterocycles.